The predicted molar refractivity (Wildman–Crippen MR) is 122 cm³/mol. The molecule has 4 nitrogen and oxygen atoms in total. The maximum absolute atomic E-state index is 13.8. The zero-order chi connectivity index (χ0) is 21.5. The van der Waals surface area contributed by atoms with Gasteiger partial charge in [-0.1, -0.05) is 78.9 Å². The van der Waals surface area contributed by atoms with Crippen LogP contribution in [0.1, 0.15) is 39.9 Å². The van der Waals surface area contributed by atoms with Crippen molar-refractivity contribution in [1.82, 2.24) is 10.0 Å². The van der Waals surface area contributed by atoms with E-state index in [-0.39, 0.29) is 11.8 Å². The predicted octanol–water partition coefficient (Wildman–Crippen LogP) is 5.07. The second-order valence-corrected chi connectivity index (χ2v) is 8.02. The van der Waals surface area contributed by atoms with Crippen LogP contribution in [0.4, 0.5) is 0 Å². The Hall–Kier alpha value is -3.42. The lowest BCUT2D eigenvalue weighted by molar-refractivity contribution is -0.0314. The number of carbonyl (C=O) groups excluding carboxylic acids is 1. The third kappa shape index (κ3) is 5.20. The molecule has 4 rings (SSSR count). The van der Waals surface area contributed by atoms with Crippen molar-refractivity contribution in [2.75, 3.05) is 13.1 Å². The summed E-state index contributed by atoms with van der Waals surface area (Å²) < 4.78 is 0. The number of carbonyl (C=O) groups is 1. The van der Waals surface area contributed by atoms with Crippen LogP contribution in [0.5, 0.6) is 0 Å². The average molecular weight is 410 g/mol. The van der Waals surface area contributed by atoms with Crippen LogP contribution in [0, 0.1) is 17.2 Å². The van der Waals surface area contributed by atoms with Crippen LogP contribution >= 0.6 is 0 Å². The first-order valence-electron chi connectivity index (χ1n) is 10.9. The van der Waals surface area contributed by atoms with Gasteiger partial charge in [0.05, 0.1) is 12.6 Å². The van der Waals surface area contributed by atoms with Gasteiger partial charge in [0.2, 0.25) is 0 Å². The van der Waals surface area contributed by atoms with Gasteiger partial charge in [-0.15, -0.1) is 0 Å². The van der Waals surface area contributed by atoms with E-state index in [1.54, 1.807) is 0 Å². The molecule has 0 bridgehead atoms. The van der Waals surface area contributed by atoms with E-state index in [2.05, 4.69) is 35.3 Å². The summed E-state index contributed by atoms with van der Waals surface area (Å²) in [4.78, 5) is 13.8. The number of hydrogen-bond donors (Lipinski definition) is 0. The third-order valence-corrected chi connectivity index (χ3v) is 5.89. The molecule has 0 spiro atoms. The van der Waals surface area contributed by atoms with E-state index in [1.165, 1.54) is 5.56 Å². The summed E-state index contributed by atoms with van der Waals surface area (Å²) in [7, 11) is 0. The highest BCUT2D eigenvalue weighted by Crippen LogP contribution is 2.23. The fraction of sp³-hybridized carbons (Fsp3) is 0.259. The first-order valence-corrected chi connectivity index (χ1v) is 10.9. The lowest BCUT2D eigenvalue weighted by atomic mass is 9.98. The molecule has 31 heavy (non-hydrogen) atoms. The summed E-state index contributed by atoms with van der Waals surface area (Å²) in [5.41, 5.74) is 4.05. The maximum atomic E-state index is 13.8. The lowest BCUT2D eigenvalue weighted by Gasteiger charge is -2.39. The Kier molecular flexibility index (Phi) is 6.76. The molecular formula is C27H27N3O. The van der Waals surface area contributed by atoms with E-state index < -0.39 is 0 Å². The van der Waals surface area contributed by atoms with Crippen LogP contribution in [-0.2, 0) is 13.0 Å². The molecule has 1 aliphatic heterocycles. The largest absolute Gasteiger partial charge is 0.268 e. The van der Waals surface area contributed by atoms with Crippen molar-refractivity contribution >= 4 is 5.91 Å². The summed E-state index contributed by atoms with van der Waals surface area (Å²) in [5.74, 6) is 0.0982. The van der Waals surface area contributed by atoms with Crippen molar-refractivity contribution in [3.05, 3.63) is 107 Å². The fourth-order valence-corrected chi connectivity index (χ4v) is 4.13. The van der Waals surface area contributed by atoms with Crippen molar-refractivity contribution in [2.45, 2.75) is 25.8 Å². The summed E-state index contributed by atoms with van der Waals surface area (Å²) in [6, 6.07) is 30.6. The maximum Gasteiger partial charge on any atom is 0.268 e. The average Bonchev–Trinajstić information content (AvgIpc) is 2.84. The summed E-state index contributed by atoms with van der Waals surface area (Å²) in [6.45, 7) is 1.96. The molecule has 4 heteroatoms. The van der Waals surface area contributed by atoms with Crippen molar-refractivity contribution in [2.24, 2.45) is 5.92 Å². The van der Waals surface area contributed by atoms with Gasteiger partial charge in [-0.3, -0.25) is 9.80 Å². The van der Waals surface area contributed by atoms with E-state index in [4.69, 9.17) is 0 Å². The molecule has 0 radical (unpaired) electrons. The SMILES string of the molecule is N#CC1CCN(N(Cc2ccccc2)C(=O)c2ccccc2Cc2ccccc2)CC1. The van der Waals surface area contributed by atoms with E-state index >= 15 is 0 Å². The molecule has 0 aliphatic carbocycles. The number of amides is 1. The molecule has 0 saturated carbocycles. The Morgan fingerprint density at radius 1 is 0.871 bits per heavy atom. The van der Waals surface area contributed by atoms with Crippen LogP contribution in [0.3, 0.4) is 0 Å². The van der Waals surface area contributed by atoms with Crippen molar-refractivity contribution in [3.8, 4) is 6.07 Å². The normalized spacial score (nSPS) is 14.7. The highest BCUT2D eigenvalue weighted by Gasteiger charge is 2.28. The fourth-order valence-electron chi connectivity index (χ4n) is 4.13. The van der Waals surface area contributed by atoms with Gasteiger partial charge in [0.15, 0.2) is 0 Å². The van der Waals surface area contributed by atoms with Gasteiger partial charge in [-0.05, 0) is 42.0 Å². The summed E-state index contributed by atoms with van der Waals surface area (Å²) >= 11 is 0. The van der Waals surface area contributed by atoms with E-state index in [0.29, 0.717) is 6.54 Å². The molecule has 3 aromatic rings. The molecule has 1 aliphatic rings. The number of benzene rings is 3. The molecule has 0 N–H and O–H groups in total. The highest BCUT2D eigenvalue weighted by atomic mass is 16.2. The van der Waals surface area contributed by atoms with Crippen molar-refractivity contribution < 1.29 is 4.79 Å². The van der Waals surface area contributed by atoms with Gasteiger partial charge in [0, 0.05) is 24.6 Å². The highest BCUT2D eigenvalue weighted by molar-refractivity contribution is 5.95. The zero-order valence-corrected chi connectivity index (χ0v) is 17.7. The number of hydrazine groups is 1. The minimum Gasteiger partial charge on any atom is -0.268 e. The number of rotatable bonds is 6. The smallest absolute Gasteiger partial charge is 0.268 e. The molecule has 0 atom stereocenters. The Morgan fingerprint density at radius 3 is 2.10 bits per heavy atom. The molecule has 1 fully saturated rings. The molecule has 0 unspecified atom stereocenters. The molecular weight excluding hydrogens is 382 g/mol. The Labute approximate surface area is 184 Å². The molecule has 3 aromatic carbocycles. The van der Waals surface area contributed by atoms with Gasteiger partial charge in [0.25, 0.3) is 5.91 Å². The minimum absolute atomic E-state index is 0.0193. The summed E-state index contributed by atoms with van der Waals surface area (Å²) in [6.07, 6.45) is 2.31. The molecule has 1 saturated heterocycles. The zero-order valence-electron chi connectivity index (χ0n) is 17.7. The second-order valence-electron chi connectivity index (χ2n) is 8.02. The number of hydrogen-bond acceptors (Lipinski definition) is 3. The number of nitrogens with zero attached hydrogens (tertiary/aromatic N) is 3. The molecule has 0 aromatic heterocycles. The van der Waals surface area contributed by atoms with Gasteiger partial charge in [0.1, 0.15) is 0 Å². The quantitative estimate of drug-likeness (QED) is 0.571. The van der Waals surface area contributed by atoms with Crippen LogP contribution in [0.25, 0.3) is 0 Å². The standard InChI is InChI=1S/C27H27N3O/c28-20-23-15-17-29(18-16-23)30(21-24-11-5-2-6-12-24)27(31)26-14-8-7-13-25(26)19-22-9-3-1-4-10-22/h1-14,23H,15-19,21H2. The third-order valence-electron chi connectivity index (χ3n) is 5.89. The Morgan fingerprint density at radius 2 is 1.45 bits per heavy atom. The summed E-state index contributed by atoms with van der Waals surface area (Å²) in [5, 5.41) is 13.3. The van der Waals surface area contributed by atoms with Crippen LogP contribution < -0.4 is 0 Å². The molecule has 1 heterocycles. The van der Waals surface area contributed by atoms with Crippen LogP contribution in [-0.4, -0.2) is 29.0 Å². The lowest BCUT2D eigenvalue weighted by Crippen LogP contribution is -2.49. The minimum atomic E-state index is 0.0193. The van der Waals surface area contributed by atoms with Gasteiger partial charge in [-0.2, -0.15) is 5.26 Å². The molecule has 1 amide bonds. The van der Waals surface area contributed by atoms with Crippen molar-refractivity contribution in [3.63, 3.8) is 0 Å². The topological polar surface area (TPSA) is 47.3 Å². The number of piperidine rings is 1. The Bertz CT molecular complexity index is 1030. The van der Waals surface area contributed by atoms with E-state index in [1.807, 2.05) is 65.7 Å². The van der Waals surface area contributed by atoms with Gasteiger partial charge in [-0.25, -0.2) is 5.01 Å². The van der Waals surface area contributed by atoms with E-state index in [9.17, 15) is 10.1 Å². The number of nitriles is 1. The Balaban J connectivity index is 1.62. The van der Waals surface area contributed by atoms with Gasteiger partial charge >= 0.3 is 0 Å². The monoisotopic (exact) mass is 409 g/mol. The van der Waals surface area contributed by atoms with Crippen molar-refractivity contribution in [1.29, 1.82) is 5.26 Å². The first kappa shape index (κ1) is 20.8. The second kappa shape index (κ2) is 10.1. The van der Waals surface area contributed by atoms with Crippen LogP contribution in [0.2, 0.25) is 0 Å². The first-order chi connectivity index (χ1) is 15.2. The van der Waals surface area contributed by atoms with E-state index in [0.717, 1.165) is 49.0 Å². The van der Waals surface area contributed by atoms with Crippen LogP contribution in [0.15, 0.2) is 84.9 Å². The molecule has 156 valence electrons. The van der Waals surface area contributed by atoms with Gasteiger partial charge < -0.3 is 0 Å².